The molecule has 160 valence electrons. The largest absolute Gasteiger partial charge is 0.497 e. The van der Waals surface area contributed by atoms with Gasteiger partial charge in [-0.15, -0.1) is 0 Å². The Morgan fingerprint density at radius 2 is 1.80 bits per heavy atom. The molecular formula is C22H27FN4O3. The van der Waals surface area contributed by atoms with Gasteiger partial charge in [0, 0.05) is 44.5 Å². The van der Waals surface area contributed by atoms with Crippen molar-refractivity contribution in [1.29, 1.82) is 0 Å². The van der Waals surface area contributed by atoms with Crippen LogP contribution < -0.4 is 20.3 Å². The number of halogens is 1. The molecule has 0 aromatic heterocycles. The molecule has 7 nitrogen and oxygen atoms in total. The number of hydrogen-bond donors (Lipinski definition) is 2. The van der Waals surface area contributed by atoms with E-state index in [9.17, 15) is 14.0 Å². The van der Waals surface area contributed by atoms with E-state index >= 15 is 0 Å². The normalized spacial score (nSPS) is 14.3. The van der Waals surface area contributed by atoms with Gasteiger partial charge in [0.1, 0.15) is 11.6 Å². The van der Waals surface area contributed by atoms with E-state index in [4.69, 9.17) is 4.74 Å². The minimum absolute atomic E-state index is 0.194. The number of benzene rings is 2. The number of ether oxygens (including phenoxy) is 1. The van der Waals surface area contributed by atoms with Crippen LogP contribution in [0.1, 0.15) is 6.42 Å². The molecule has 1 aliphatic rings. The Hall–Kier alpha value is -3.13. The molecule has 1 saturated heterocycles. The molecule has 30 heavy (non-hydrogen) atoms. The van der Waals surface area contributed by atoms with Gasteiger partial charge in [0.2, 0.25) is 0 Å². The number of carbonyl (C=O) groups excluding carboxylic acids is 2. The van der Waals surface area contributed by atoms with Gasteiger partial charge in [0.05, 0.1) is 12.8 Å². The van der Waals surface area contributed by atoms with E-state index in [1.54, 1.807) is 36.4 Å². The van der Waals surface area contributed by atoms with E-state index < -0.39 is 11.8 Å². The highest BCUT2D eigenvalue weighted by molar-refractivity contribution is 6.39. The van der Waals surface area contributed by atoms with Crippen molar-refractivity contribution in [3.8, 4) is 5.75 Å². The second-order valence-electron chi connectivity index (χ2n) is 7.08. The van der Waals surface area contributed by atoms with Crippen LogP contribution in [0.2, 0.25) is 0 Å². The first kappa shape index (κ1) is 21.6. The fourth-order valence-electron chi connectivity index (χ4n) is 3.39. The van der Waals surface area contributed by atoms with Gasteiger partial charge in [-0.3, -0.25) is 14.5 Å². The van der Waals surface area contributed by atoms with Crippen LogP contribution in [0.25, 0.3) is 0 Å². The smallest absolute Gasteiger partial charge is 0.313 e. The van der Waals surface area contributed by atoms with Crippen molar-refractivity contribution in [2.45, 2.75) is 6.42 Å². The van der Waals surface area contributed by atoms with Gasteiger partial charge in [0.25, 0.3) is 0 Å². The molecule has 2 aromatic carbocycles. The zero-order valence-electron chi connectivity index (χ0n) is 17.1. The predicted octanol–water partition coefficient (Wildman–Crippen LogP) is 2.10. The number of nitrogens with one attached hydrogen (secondary N) is 2. The third-order valence-corrected chi connectivity index (χ3v) is 5.04. The van der Waals surface area contributed by atoms with Gasteiger partial charge in [-0.05, 0) is 37.2 Å². The number of methoxy groups -OCH3 is 1. The second kappa shape index (κ2) is 10.6. The molecule has 0 aliphatic carbocycles. The summed E-state index contributed by atoms with van der Waals surface area (Å²) in [5, 5.41) is 5.20. The first-order valence-corrected chi connectivity index (χ1v) is 10.0. The summed E-state index contributed by atoms with van der Waals surface area (Å²) in [7, 11) is 1.54. The van der Waals surface area contributed by atoms with E-state index in [0.29, 0.717) is 23.7 Å². The Kier molecular flexibility index (Phi) is 7.62. The lowest BCUT2D eigenvalue weighted by atomic mass is 10.2. The number of amides is 2. The van der Waals surface area contributed by atoms with E-state index in [1.807, 2.05) is 6.07 Å². The monoisotopic (exact) mass is 414 g/mol. The maximum atomic E-state index is 13.9. The number of para-hydroxylation sites is 1. The van der Waals surface area contributed by atoms with E-state index in [-0.39, 0.29) is 5.82 Å². The summed E-state index contributed by atoms with van der Waals surface area (Å²) >= 11 is 0. The standard InChI is InChI=1S/C22H27FN4O3/c1-30-18-7-4-6-17(16-18)25-22(29)21(28)24-10-5-11-26-12-14-27(15-13-26)20-9-3-2-8-19(20)23/h2-4,6-9,16H,5,10-15H2,1H3,(H,24,28)(H,25,29). The van der Waals surface area contributed by atoms with Gasteiger partial charge in [-0.25, -0.2) is 4.39 Å². The van der Waals surface area contributed by atoms with Crippen LogP contribution in [0.4, 0.5) is 15.8 Å². The van der Waals surface area contributed by atoms with E-state index in [1.165, 1.54) is 13.2 Å². The highest BCUT2D eigenvalue weighted by atomic mass is 19.1. The summed E-state index contributed by atoms with van der Waals surface area (Å²) in [5.74, 6) is -0.965. The minimum atomic E-state index is -0.707. The molecule has 2 aromatic rings. The molecule has 1 aliphatic heterocycles. The van der Waals surface area contributed by atoms with Gasteiger partial charge in [-0.1, -0.05) is 18.2 Å². The van der Waals surface area contributed by atoms with Gasteiger partial charge < -0.3 is 20.3 Å². The molecule has 1 fully saturated rings. The Morgan fingerprint density at radius 1 is 1.03 bits per heavy atom. The molecule has 0 atom stereocenters. The first-order chi connectivity index (χ1) is 14.6. The van der Waals surface area contributed by atoms with Gasteiger partial charge >= 0.3 is 11.8 Å². The van der Waals surface area contributed by atoms with Crippen molar-refractivity contribution in [3.05, 3.63) is 54.3 Å². The SMILES string of the molecule is COc1cccc(NC(=O)C(=O)NCCCN2CCN(c3ccccc3F)CC2)c1. The number of hydrogen-bond acceptors (Lipinski definition) is 5. The third-order valence-electron chi connectivity index (χ3n) is 5.04. The lowest BCUT2D eigenvalue weighted by Crippen LogP contribution is -2.47. The number of nitrogens with zero attached hydrogens (tertiary/aromatic N) is 2. The van der Waals surface area contributed by atoms with E-state index in [0.717, 1.165) is 39.1 Å². The second-order valence-corrected chi connectivity index (χ2v) is 7.08. The zero-order chi connectivity index (χ0) is 21.3. The Bertz CT molecular complexity index is 869. The average molecular weight is 414 g/mol. The highest BCUT2D eigenvalue weighted by Gasteiger charge is 2.19. The molecule has 0 saturated carbocycles. The summed E-state index contributed by atoms with van der Waals surface area (Å²) in [6, 6.07) is 13.6. The maximum absolute atomic E-state index is 13.9. The summed E-state index contributed by atoms with van der Waals surface area (Å²) < 4.78 is 19.0. The van der Waals surface area contributed by atoms with Crippen LogP contribution in [-0.4, -0.2) is 63.1 Å². The van der Waals surface area contributed by atoms with Crippen LogP contribution in [-0.2, 0) is 9.59 Å². The fourth-order valence-corrected chi connectivity index (χ4v) is 3.39. The average Bonchev–Trinajstić information content (AvgIpc) is 2.77. The molecule has 8 heteroatoms. The molecule has 0 unspecified atom stereocenters. The van der Waals surface area contributed by atoms with Crippen molar-refractivity contribution in [3.63, 3.8) is 0 Å². The summed E-state index contributed by atoms with van der Waals surface area (Å²) in [4.78, 5) is 28.3. The molecule has 2 amide bonds. The van der Waals surface area contributed by atoms with Crippen LogP contribution >= 0.6 is 0 Å². The van der Waals surface area contributed by atoms with Crippen LogP contribution in [0.5, 0.6) is 5.75 Å². The zero-order valence-corrected chi connectivity index (χ0v) is 17.1. The lowest BCUT2D eigenvalue weighted by molar-refractivity contribution is -0.136. The number of anilines is 2. The lowest BCUT2D eigenvalue weighted by Gasteiger charge is -2.36. The molecule has 0 radical (unpaired) electrons. The van der Waals surface area contributed by atoms with Crippen LogP contribution in [0.3, 0.4) is 0 Å². The molecule has 1 heterocycles. The molecule has 0 spiro atoms. The minimum Gasteiger partial charge on any atom is -0.497 e. The van der Waals surface area contributed by atoms with Crippen molar-refractivity contribution >= 4 is 23.2 Å². The van der Waals surface area contributed by atoms with Crippen molar-refractivity contribution in [2.75, 3.05) is 56.6 Å². The summed E-state index contributed by atoms with van der Waals surface area (Å²) in [5.41, 5.74) is 1.15. The highest BCUT2D eigenvalue weighted by Crippen LogP contribution is 2.20. The molecule has 2 N–H and O–H groups in total. The maximum Gasteiger partial charge on any atom is 0.313 e. The van der Waals surface area contributed by atoms with Gasteiger partial charge in [0.15, 0.2) is 0 Å². The van der Waals surface area contributed by atoms with Gasteiger partial charge in [-0.2, -0.15) is 0 Å². The van der Waals surface area contributed by atoms with Crippen LogP contribution in [0, 0.1) is 5.82 Å². The van der Waals surface area contributed by atoms with Crippen LogP contribution in [0.15, 0.2) is 48.5 Å². The summed E-state index contributed by atoms with van der Waals surface area (Å²) in [6.45, 7) is 4.41. The Morgan fingerprint density at radius 3 is 2.53 bits per heavy atom. The fraction of sp³-hybridized carbons (Fsp3) is 0.364. The molecule has 0 bridgehead atoms. The predicted molar refractivity (Wildman–Crippen MR) is 114 cm³/mol. The topological polar surface area (TPSA) is 73.9 Å². The quantitative estimate of drug-likeness (QED) is 0.536. The van der Waals surface area contributed by atoms with Crippen molar-refractivity contribution < 1.29 is 18.7 Å². The van der Waals surface area contributed by atoms with Crippen molar-refractivity contribution in [1.82, 2.24) is 10.2 Å². The Balaban J connectivity index is 1.33. The van der Waals surface area contributed by atoms with Crippen molar-refractivity contribution in [2.24, 2.45) is 0 Å². The molecule has 3 rings (SSSR count). The number of piperazine rings is 1. The summed E-state index contributed by atoms with van der Waals surface area (Å²) in [6.07, 6.45) is 0.734. The molecular weight excluding hydrogens is 387 g/mol. The number of carbonyl (C=O) groups is 2. The third kappa shape index (κ3) is 5.93. The Labute approximate surface area is 175 Å². The number of rotatable bonds is 7. The first-order valence-electron chi connectivity index (χ1n) is 10.0. The van der Waals surface area contributed by atoms with E-state index in [2.05, 4.69) is 20.4 Å².